The Bertz CT molecular complexity index is 584. The number of methoxy groups -OCH3 is 1. The third-order valence-electron chi connectivity index (χ3n) is 2.67. The van der Waals surface area contributed by atoms with Gasteiger partial charge in [-0.1, -0.05) is 34.1 Å². The minimum absolute atomic E-state index is 0.148. The van der Waals surface area contributed by atoms with Crippen LogP contribution in [0.25, 0.3) is 0 Å². The van der Waals surface area contributed by atoms with Crippen molar-refractivity contribution in [3.05, 3.63) is 59.7 Å². The molecular formula is C15H14BrNO2. The molecule has 0 heterocycles. The standard InChI is InChI=1S/C15H14BrNO2/c1-19-14-7-3-5-12(9-14)15(18)17-13-6-2-4-11(8-13)10-16/h2-9H,10H2,1H3,(H,17,18). The number of hydrogen-bond donors (Lipinski definition) is 1. The minimum atomic E-state index is -0.148. The molecule has 0 fully saturated rings. The molecule has 0 aromatic heterocycles. The molecule has 0 saturated heterocycles. The quantitative estimate of drug-likeness (QED) is 0.869. The van der Waals surface area contributed by atoms with Crippen LogP contribution in [0.15, 0.2) is 48.5 Å². The van der Waals surface area contributed by atoms with E-state index in [1.165, 1.54) is 0 Å². The first-order chi connectivity index (χ1) is 9.22. The van der Waals surface area contributed by atoms with Gasteiger partial charge < -0.3 is 10.1 Å². The average molecular weight is 320 g/mol. The molecule has 2 aromatic carbocycles. The highest BCUT2D eigenvalue weighted by atomic mass is 79.9. The first-order valence-electron chi connectivity index (χ1n) is 5.83. The maximum absolute atomic E-state index is 12.1. The summed E-state index contributed by atoms with van der Waals surface area (Å²) in [5, 5.41) is 3.63. The predicted octanol–water partition coefficient (Wildman–Crippen LogP) is 3.84. The SMILES string of the molecule is COc1cccc(C(=O)Nc2cccc(CBr)c2)c1. The van der Waals surface area contributed by atoms with Crippen molar-refractivity contribution < 1.29 is 9.53 Å². The lowest BCUT2D eigenvalue weighted by Crippen LogP contribution is -2.11. The second kappa shape index (κ2) is 6.38. The van der Waals surface area contributed by atoms with Crippen LogP contribution in [0, 0.1) is 0 Å². The van der Waals surface area contributed by atoms with Gasteiger partial charge in [0.15, 0.2) is 0 Å². The molecule has 98 valence electrons. The van der Waals surface area contributed by atoms with Crippen molar-refractivity contribution in [1.82, 2.24) is 0 Å². The molecule has 19 heavy (non-hydrogen) atoms. The number of halogens is 1. The molecule has 0 radical (unpaired) electrons. The zero-order valence-electron chi connectivity index (χ0n) is 10.5. The maximum Gasteiger partial charge on any atom is 0.255 e. The van der Waals surface area contributed by atoms with E-state index >= 15 is 0 Å². The number of rotatable bonds is 4. The number of alkyl halides is 1. The largest absolute Gasteiger partial charge is 0.497 e. The van der Waals surface area contributed by atoms with Gasteiger partial charge in [0, 0.05) is 16.6 Å². The van der Waals surface area contributed by atoms with E-state index in [2.05, 4.69) is 21.2 Å². The summed E-state index contributed by atoms with van der Waals surface area (Å²) < 4.78 is 5.11. The van der Waals surface area contributed by atoms with Gasteiger partial charge in [-0.2, -0.15) is 0 Å². The summed E-state index contributed by atoms with van der Waals surface area (Å²) in [6.07, 6.45) is 0. The fraction of sp³-hybridized carbons (Fsp3) is 0.133. The molecule has 0 spiro atoms. The molecule has 2 rings (SSSR count). The van der Waals surface area contributed by atoms with Crippen molar-refractivity contribution >= 4 is 27.5 Å². The Balaban J connectivity index is 2.15. The highest BCUT2D eigenvalue weighted by Gasteiger charge is 2.07. The van der Waals surface area contributed by atoms with Gasteiger partial charge in [-0.15, -0.1) is 0 Å². The second-order valence-electron chi connectivity index (χ2n) is 4.02. The maximum atomic E-state index is 12.1. The normalized spacial score (nSPS) is 10.0. The Hall–Kier alpha value is -1.81. The summed E-state index contributed by atoms with van der Waals surface area (Å²) >= 11 is 3.39. The van der Waals surface area contributed by atoms with E-state index in [9.17, 15) is 4.79 Å². The number of ether oxygens (including phenoxy) is 1. The third-order valence-corrected chi connectivity index (χ3v) is 3.32. The molecule has 0 bridgehead atoms. The zero-order chi connectivity index (χ0) is 13.7. The molecule has 0 aliphatic carbocycles. The summed E-state index contributed by atoms with van der Waals surface area (Å²) in [6, 6.07) is 14.8. The van der Waals surface area contributed by atoms with E-state index in [0.29, 0.717) is 11.3 Å². The topological polar surface area (TPSA) is 38.3 Å². The van der Waals surface area contributed by atoms with Gasteiger partial charge >= 0.3 is 0 Å². The first-order valence-corrected chi connectivity index (χ1v) is 6.95. The predicted molar refractivity (Wildman–Crippen MR) is 80.0 cm³/mol. The van der Waals surface area contributed by atoms with E-state index in [1.54, 1.807) is 25.3 Å². The van der Waals surface area contributed by atoms with E-state index < -0.39 is 0 Å². The summed E-state index contributed by atoms with van der Waals surface area (Å²) in [7, 11) is 1.58. The van der Waals surface area contributed by atoms with Crippen LogP contribution in [0.2, 0.25) is 0 Å². The molecule has 1 N–H and O–H groups in total. The summed E-state index contributed by atoms with van der Waals surface area (Å²) in [4.78, 5) is 12.1. The van der Waals surface area contributed by atoms with Gasteiger partial charge in [-0.3, -0.25) is 4.79 Å². The van der Waals surface area contributed by atoms with Crippen LogP contribution >= 0.6 is 15.9 Å². The number of nitrogens with one attached hydrogen (secondary N) is 1. The highest BCUT2D eigenvalue weighted by molar-refractivity contribution is 9.08. The van der Waals surface area contributed by atoms with E-state index in [1.807, 2.05) is 30.3 Å². The monoisotopic (exact) mass is 319 g/mol. The van der Waals surface area contributed by atoms with Gasteiger partial charge in [-0.05, 0) is 35.9 Å². The summed E-state index contributed by atoms with van der Waals surface area (Å²) in [5.41, 5.74) is 2.47. The summed E-state index contributed by atoms with van der Waals surface area (Å²) in [5.74, 6) is 0.521. The van der Waals surface area contributed by atoms with Crippen LogP contribution in [-0.4, -0.2) is 13.0 Å². The number of amides is 1. The minimum Gasteiger partial charge on any atom is -0.497 e. The van der Waals surface area contributed by atoms with Crippen molar-refractivity contribution in [2.75, 3.05) is 12.4 Å². The van der Waals surface area contributed by atoms with Crippen LogP contribution in [0.5, 0.6) is 5.75 Å². The Morgan fingerprint density at radius 1 is 1.21 bits per heavy atom. The van der Waals surface area contributed by atoms with Crippen LogP contribution in [0.4, 0.5) is 5.69 Å². The molecule has 0 aliphatic rings. The van der Waals surface area contributed by atoms with Crippen molar-refractivity contribution in [3.63, 3.8) is 0 Å². The number of carbonyl (C=O) groups excluding carboxylic acids is 1. The third kappa shape index (κ3) is 3.58. The molecule has 0 saturated carbocycles. The van der Waals surface area contributed by atoms with E-state index in [-0.39, 0.29) is 5.91 Å². The fourth-order valence-electron chi connectivity index (χ4n) is 1.70. The molecule has 0 atom stereocenters. The lowest BCUT2D eigenvalue weighted by Gasteiger charge is -2.07. The zero-order valence-corrected chi connectivity index (χ0v) is 12.1. The lowest BCUT2D eigenvalue weighted by atomic mass is 10.2. The van der Waals surface area contributed by atoms with Crippen molar-refractivity contribution in [2.45, 2.75) is 5.33 Å². The second-order valence-corrected chi connectivity index (χ2v) is 4.58. The number of carbonyl (C=O) groups is 1. The van der Waals surface area contributed by atoms with E-state index in [4.69, 9.17) is 4.74 Å². The number of benzene rings is 2. The first kappa shape index (κ1) is 13.6. The van der Waals surface area contributed by atoms with Crippen LogP contribution < -0.4 is 10.1 Å². The molecule has 3 nitrogen and oxygen atoms in total. The molecule has 2 aromatic rings. The average Bonchev–Trinajstić information content (AvgIpc) is 2.47. The van der Waals surface area contributed by atoms with E-state index in [0.717, 1.165) is 16.6 Å². The van der Waals surface area contributed by atoms with Gasteiger partial charge in [0.2, 0.25) is 0 Å². The Kier molecular flexibility index (Phi) is 4.58. The molecule has 0 aliphatic heterocycles. The Morgan fingerprint density at radius 3 is 2.74 bits per heavy atom. The highest BCUT2D eigenvalue weighted by Crippen LogP contribution is 2.16. The van der Waals surface area contributed by atoms with Crippen LogP contribution in [-0.2, 0) is 5.33 Å². The molecule has 4 heteroatoms. The summed E-state index contributed by atoms with van der Waals surface area (Å²) in [6.45, 7) is 0. The smallest absolute Gasteiger partial charge is 0.255 e. The van der Waals surface area contributed by atoms with Crippen molar-refractivity contribution in [3.8, 4) is 5.75 Å². The van der Waals surface area contributed by atoms with Crippen LogP contribution in [0.3, 0.4) is 0 Å². The Labute approximate surface area is 120 Å². The Morgan fingerprint density at radius 2 is 2.00 bits per heavy atom. The van der Waals surface area contributed by atoms with Gasteiger partial charge in [0.1, 0.15) is 5.75 Å². The van der Waals surface area contributed by atoms with Crippen molar-refractivity contribution in [1.29, 1.82) is 0 Å². The van der Waals surface area contributed by atoms with Gasteiger partial charge in [0.05, 0.1) is 7.11 Å². The van der Waals surface area contributed by atoms with Gasteiger partial charge in [-0.25, -0.2) is 0 Å². The van der Waals surface area contributed by atoms with Crippen LogP contribution in [0.1, 0.15) is 15.9 Å². The van der Waals surface area contributed by atoms with Gasteiger partial charge in [0.25, 0.3) is 5.91 Å². The number of anilines is 1. The number of hydrogen-bond acceptors (Lipinski definition) is 2. The van der Waals surface area contributed by atoms with Crippen molar-refractivity contribution in [2.24, 2.45) is 0 Å². The molecule has 1 amide bonds. The molecular weight excluding hydrogens is 306 g/mol. The molecule has 0 unspecified atom stereocenters. The fourth-order valence-corrected chi connectivity index (χ4v) is 2.05. The lowest BCUT2D eigenvalue weighted by molar-refractivity contribution is 0.102.